The van der Waals surface area contributed by atoms with Gasteiger partial charge in [0.25, 0.3) is 21.5 Å². The Morgan fingerprint density at radius 1 is 1.09 bits per heavy atom. The fraction of sp³-hybridized carbons (Fsp3) is 0.0500. The molecule has 13 heteroatoms. The molecule has 33 heavy (non-hydrogen) atoms. The van der Waals surface area contributed by atoms with Crippen LogP contribution in [0.4, 0.5) is 16.5 Å². The minimum absolute atomic E-state index is 0.0528. The molecule has 0 atom stereocenters. The lowest BCUT2D eigenvalue weighted by molar-refractivity contribution is 0.0941. The number of carbonyl (C=O) groups is 1. The van der Waals surface area contributed by atoms with Gasteiger partial charge >= 0.3 is 0 Å². The normalized spacial score (nSPS) is 11.2. The van der Waals surface area contributed by atoms with Crippen molar-refractivity contribution >= 4 is 55.4 Å². The van der Waals surface area contributed by atoms with Crippen LogP contribution in [0.15, 0.2) is 69.8 Å². The number of carbonyl (C=O) groups excluding carboxylic acids is 1. The summed E-state index contributed by atoms with van der Waals surface area (Å²) in [6, 6.07) is 12.1. The number of nitrogens with one attached hydrogen (secondary N) is 4. The largest absolute Gasteiger partial charge is 0.301 e. The molecule has 0 fully saturated rings. The second-order valence-corrected chi connectivity index (χ2v) is 9.79. The number of nitrogens with zero attached hydrogens (tertiary/aromatic N) is 2. The fourth-order valence-corrected chi connectivity index (χ4v) is 4.77. The molecular formula is C20H17ClN6O4S2. The first-order valence-electron chi connectivity index (χ1n) is 9.41. The molecule has 0 radical (unpaired) electrons. The standard InChI is InChI=1S/C20H17ClN6O4S2/c1-12-17(19(29)27(25-12)18(28)13-2-4-14(21)5-3-13)24-23-15-6-8-16(9-7-15)33(30,31)26-20-22-10-11-32-20/h2-11,23-25H,1H3,(H,22,26). The van der Waals surface area contributed by atoms with Gasteiger partial charge in [-0.3, -0.25) is 24.8 Å². The van der Waals surface area contributed by atoms with Crippen molar-refractivity contribution in [1.29, 1.82) is 0 Å². The average molecular weight is 505 g/mol. The summed E-state index contributed by atoms with van der Waals surface area (Å²) in [5.41, 5.74) is 6.38. The highest BCUT2D eigenvalue weighted by atomic mass is 35.5. The smallest absolute Gasteiger partial charge is 0.299 e. The first-order chi connectivity index (χ1) is 15.7. The van der Waals surface area contributed by atoms with Gasteiger partial charge in [-0.15, -0.1) is 11.3 Å². The highest BCUT2D eigenvalue weighted by Crippen LogP contribution is 2.20. The number of sulfonamides is 1. The fourth-order valence-electron chi connectivity index (χ4n) is 2.86. The summed E-state index contributed by atoms with van der Waals surface area (Å²) in [5.74, 6) is -0.532. The summed E-state index contributed by atoms with van der Waals surface area (Å²) in [6.45, 7) is 1.64. The quantitative estimate of drug-likeness (QED) is 0.282. The Hall–Kier alpha value is -3.61. The molecule has 4 N–H and O–H groups in total. The summed E-state index contributed by atoms with van der Waals surface area (Å²) in [5, 5.41) is 5.15. The molecule has 0 saturated heterocycles. The van der Waals surface area contributed by atoms with Crippen molar-refractivity contribution in [2.24, 2.45) is 0 Å². The van der Waals surface area contributed by atoms with E-state index in [9.17, 15) is 18.0 Å². The molecule has 0 saturated carbocycles. The lowest BCUT2D eigenvalue weighted by Gasteiger charge is -2.09. The molecule has 0 spiro atoms. The molecule has 0 aliphatic heterocycles. The molecular weight excluding hydrogens is 488 g/mol. The Kier molecular flexibility index (Phi) is 6.22. The Balaban J connectivity index is 1.47. The third-order valence-corrected chi connectivity index (χ3v) is 6.94. The van der Waals surface area contributed by atoms with Crippen LogP contribution in [0.1, 0.15) is 16.1 Å². The van der Waals surface area contributed by atoms with Gasteiger partial charge < -0.3 is 5.43 Å². The van der Waals surface area contributed by atoms with Crippen LogP contribution >= 0.6 is 22.9 Å². The number of anilines is 3. The number of aromatic nitrogens is 3. The highest BCUT2D eigenvalue weighted by Gasteiger charge is 2.18. The van der Waals surface area contributed by atoms with Crippen molar-refractivity contribution in [2.45, 2.75) is 11.8 Å². The SMILES string of the molecule is Cc1[nH]n(C(=O)c2ccc(Cl)cc2)c(=O)c1NNc1ccc(S(=O)(=O)Nc2nccs2)cc1. The maximum atomic E-state index is 12.7. The van der Waals surface area contributed by atoms with Crippen molar-refractivity contribution in [3.63, 3.8) is 0 Å². The number of hydrogen-bond donors (Lipinski definition) is 4. The van der Waals surface area contributed by atoms with E-state index < -0.39 is 21.5 Å². The van der Waals surface area contributed by atoms with Crippen molar-refractivity contribution in [1.82, 2.24) is 14.8 Å². The second-order valence-electron chi connectivity index (χ2n) is 6.78. The monoisotopic (exact) mass is 504 g/mol. The molecule has 0 amide bonds. The molecule has 2 aromatic carbocycles. The molecule has 4 rings (SSSR count). The first-order valence-corrected chi connectivity index (χ1v) is 12.1. The molecule has 0 unspecified atom stereocenters. The number of aryl methyl sites for hydroxylation is 1. The van der Waals surface area contributed by atoms with Gasteiger partial charge in [0.15, 0.2) is 5.13 Å². The lowest BCUT2D eigenvalue weighted by Crippen LogP contribution is -2.27. The number of thiazole rings is 1. The predicted octanol–water partition coefficient (Wildman–Crippen LogP) is 3.52. The van der Waals surface area contributed by atoms with Gasteiger partial charge in [0, 0.05) is 22.2 Å². The molecule has 170 valence electrons. The topological polar surface area (TPSA) is 138 Å². The maximum absolute atomic E-state index is 12.7. The maximum Gasteiger partial charge on any atom is 0.299 e. The van der Waals surface area contributed by atoms with Gasteiger partial charge in [-0.05, 0) is 55.5 Å². The summed E-state index contributed by atoms with van der Waals surface area (Å²) >= 11 is 7.01. The summed E-state index contributed by atoms with van der Waals surface area (Å²) in [4.78, 5) is 29.3. The number of aromatic amines is 1. The zero-order chi connectivity index (χ0) is 23.6. The third kappa shape index (κ3) is 4.92. The predicted molar refractivity (Wildman–Crippen MR) is 128 cm³/mol. The number of hydrazine groups is 1. The molecule has 0 bridgehead atoms. The number of H-pyrrole nitrogens is 1. The summed E-state index contributed by atoms with van der Waals surface area (Å²) in [7, 11) is -3.77. The van der Waals surface area contributed by atoms with Crippen molar-refractivity contribution in [2.75, 3.05) is 15.6 Å². The Bertz CT molecular complexity index is 1440. The van der Waals surface area contributed by atoms with E-state index in [1.807, 2.05) is 0 Å². The van der Waals surface area contributed by atoms with E-state index in [-0.39, 0.29) is 15.7 Å². The summed E-state index contributed by atoms with van der Waals surface area (Å²) < 4.78 is 28.1. The van der Waals surface area contributed by atoms with Crippen LogP contribution in [-0.2, 0) is 10.0 Å². The molecule has 0 aliphatic carbocycles. The van der Waals surface area contributed by atoms with Crippen molar-refractivity contribution < 1.29 is 13.2 Å². The zero-order valence-corrected chi connectivity index (χ0v) is 19.4. The van der Waals surface area contributed by atoms with Crippen LogP contribution in [0.2, 0.25) is 5.02 Å². The molecule has 10 nitrogen and oxygen atoms in total. The van der Waals surface area contributed by atoms with Gasteiger partial charge in [0.05, 0.1) is 16.3 Å². The number of hydrogen-bond acceptors (Lipinski definition) is 8. The van der Waals surface area contributed by atoms with Crippen molar-refractivity contribution in [3.8, 4) is 0 Å². The Morgan fingerprint density at radius 3 is 2.42 bits per heavy atom. The molecule has 0 aliphatic rings. The third-order valence-electron chi connectivity index (χ3n) is 4.52. The first kappa shape index (κ1) is 22.6. The average Bonchev–Trinajstić information content (AvgIpc) is 3.40. The number of rotatable bonds is 7. The lowest BCUT2D eigenvalue weighted by atomic mass is 10.2. The van der Waals surface area contributed by atoms with E-state index in [4.69, 9.17) is 11.6 Å². The van der Waals surface area contributed by atoms with Crippen LogP contribution in [-0.4, -0.2) is 29.1 Å². The van der Waals surface area contributed by atoms with Crippen LogP contribution in [0.3, 0.4) is 0 Å². The zero-order valence-electron chi connectivity index (χ0n) is 17.0. The summed E-state index contributed by atoms with van der Waals surface area (Å²) in [6.07, 6.45) is 1.50. The van der Waals surface area contributed by atoms with E-state index in [2.05, 4.69) is 25.7 Å². The number of halogens is 1. The van der Waals surface area contributed by atoms with Crippen molar-refractivity contribution in [3.05, 3.63) is 86.7 Å². The van der Waals surface area contributed by atoms with E-state index in [1.165, 1.54) is 53.9 Å². The van der Waals surface area contributed by atoms with Crippen LogP contribution in [0, 0.1) is 6.92 Å². The van der Waals surface area contributed by atoms with Gasteiger partial charge in [-0.1, -0.05) is 11.6 Å². The molecule has 4 aromatic rings. The van der Waals surface area contributed by atoms with Crippen LogP contribution < -0.4 is 21.1 Å². The van der Waals surface area contributed by atoms with Gasteiger partial charge in [-0.2, -0.15) is 4.68 Å². The highest BCUT2D eigenvalue weighted by molar-refractivity contribution is 7.93. The minimum Gasteiger partial charge on any atom is -0.301 e. The van der Waals surface area contributed by atoms with Gasteiger partial charge in [0.2, 0.25) is 0 Å². The second kappa shape index (κ2) is 9.10. The van der Waals surface area contributed by atoms with E-state index in [0.29, 0.717) is 22.0 Å². The van der Waals surface area contributed by atoms with E-state index in [0.717, 1.165) is 4.68 Å². The van der Waals surface area contributed by atoms with Gasteiger partial charge in [0.1, 0.15) is 5.69 Å². The van der Waals surface area contributed by atoms with E-state index >= 15 is 0 Å². The van der Waals surface area contributed by atoms with Crippen LogP contribution in [0.5, 0.6) is 0 Å². The van der Waals surface area contributed by atoms with E-state index in [1.54, 1.807) is 24.4 Å². The Labute approximate surface area is 197 Å². The minimum atomic E-state index is -3.77. The van der Waals surface area contributed by atoms with Gasteiger partial charge in [-0.25, -0.2) is 13.4 Å². The molecule has 2 heterocycles. The Morgan fingerprint density at radius 2 is 1.79 bits per heavy atom. The number of benzene rings is 2. The molecule has 2 aromatic heterocycles. The van der Waals surface area contributed by atoms with Crippen LogP contribution in [0.25, 0.3) is 0 Å².